The number of unbranched alkanes of at least 4 members (excludes halogenated alkanes) is 1. The zero-order valence-corrected chi connectivity index (χ0v) is 28.5. The first-order valence-electron chi connectivity index (χ1n) is 16.9. The first kappa shape index (κ1) is 40.3. The van der Waals surface area contributed by atoms with E-state index in [1.54, 1.807) is 14.1 Å². The summed E-state index contributed by atoms with van der Waals surface area (Å²) in [5.74, 6) is 3.97. The molecule has 10 heteroatoms. The number of alkyl halides is 1. The topological polar surface area (TPSA) is 122 Å². The average Bonchev–Trinajstić information content (AvgIpc) is 3.10. The second-order valence-electron chi connectivity index (χ2n) is 12.9. The molecule has 0 aromatic heterocycles. The van der Waals surface area contributed by atoms with Gasteiger partial charge in [-0.05, 0) is 44.2 Å². The number of benzene rings is 1. The maximum absolute atomic E-state index is 13.9. The molecule has 1 aromatic rings. The summed E-state index contributed by atoms with van der Waals surface area (Å²) in [6, 6.07) is 6.98. The third-order valence-corrected chi connectivity index (χ3v) is 9.10. The smallest absolute Gasteiger partial charge is 0.245 e. The summed E-state index contributed by atoms with van der Waals surface area (Å²) in [5, 5.41) is 27.6. The first-order valence-corrected chi connectivity index (χ1v) is 16.9. The van der Waals surface area contributed by atoms with Crippen molar-refractivity contribution in [2.24, 2.45) is 17.8 Å². The van der Waals surface area contributed by atoms with E-state index in [-0.39, 0.29) is 37.6 Å². The van der Waals surface area contributed by atoms with Gasteiger partial charge in [0.15, 0.2) is 0 Å². The van der Waals surface area contributed by atoms with Gasteiger partial charge in [-0.1, -0.05) is 74.3 Å². The monoisotopic (exact) mass is 664 g/mol. The fraction of sp³-hybridized carbons (Fsp3) is 0.605. The van der Waals surface area contributed by atoms with E-state index < -0.39 is 54.7 Å². The summed E-state index contributed by atoms with van der Waals surface area (Å²) in [5.41, 5.74) is 0.811. The molecule has 4 N–H and O–H groups in total. The van der Waals surface area contributed by atoms with Crippen LogP contribution in [0.5, 0.6) is 0 Å². The third kappa shape index (κ3) is 13.7. The van der Waals surface area contributed by atoms with Gasteiger partial charge in [0.2, 0.25) is 17.7 Å². The predicted octanol–water partition coefficient (Wildman–Crippen LogP) is 2.90. The molecule has 0 radical (unpaired) electrons. The molecule has 0 bridgehead atoms. The van der Waals surface area contributed by atoms with Crippen LogP contribution < -0.4 is 10.6 Å². The lowest BCUT2D eigenvalue weighted by Gasteiger charge is -2.34. The summed E-state index contributed by atoms with van der Waals surface area (Å²) in [6.07, 6.45) is 21.2. The molecule has 1 saturated carbocycles. The first-order chi connectivity index (χ1) is 23.0. The maximum atomic E-state index is 13.9. The number of amides is 3. The van der Waals surface area contributed by atoms with E-state index in [1.807, 2.05) is 30.3 Å². The fourth-order valence-electron chi connectivity index (χ4n) is 6.03. The number of hydrogen-bond acceptors (Lipinski definition) is 6. The van der Waals surface area contributed by atoms with E-state index in [0.29, 0.717) is 25.8 Å². The molecular formula is C38H53FN4O5. The van der Waals surface area contributed by atoms with Crippen LogP contribution in [0.4, 0.5) is 4.39 Å². The molecule has 1 aromatic carbocycles. The predicted molar refractivity (Wildman–Crippen MR) is 185 cm³/mol. The van der Waals surface area contributed by atoms with Gasteiger partial charge in [0.05, 0.1) is 24.2 Å². The molecule has 0 spiro atoms. The summed E-state index contributed by atoms with van der Waals surface area (Å²) in [7, 11) is 3.19. The Morgan fingerprint density at radius 3 is 2.25 bits per heavy atom. The van der Waals surface area contributed by atoms with Crippen LogP contribution in [-0.4, -0.2) is 96.0 Å². The number of terminal acetylenes is 3. The Hall–Kier alpha value is -3.88. The molecule has 48 heavy (non-hydrogen) atoms. The van der Waals surface area contributed by atoms with Crippen molar-refractivity contribution in [3.63, 3.8) is 0 Å². The molecule has 5 atom stereocenters. The second kappa shape index (κ2) is 21.9. The lowest BCUT2D eigenvalue weighted by molar-refractivity contribution is -0.137. The number of carbonyl (C=O) groups excluding carboxylic acids is 3. The Bertz CT molecular complexity index is 1250. The minimum Gasteiger partial charge on any atom is -0.390 e. The molecule has 0 aliphatic heterocycles. The van der Waals surface area contributed by atoms with Crippen molar-refractivity contribution in [3.05, 3.63) is 35.9 Å². The Kier molecular flexibility index (Phi) is 18.4. The summed E-state index contributed by atoms with van der Waals surface area (Å²) < 4.78 is 12.9. The van der Waals surface area contributed by atoms with Crippen molar-refractivity contribution < 1.29 is 29.0 Å². The number of halogens is 1. The van der Waals surface area contributed by atoms with Gasteiger partial charge < -0.3 is 25.7 Å². The van der Waals surface area contributed by atoms with Crippen molar-refractivity contribution in [3.8, 4) is 37.0 Å². The molecule has 262 valence electrons. The highest BCUT2D eigenvalue weighted by molar-refractivity contribution is 5.91. The molecule has 0 heterocycles. The van der Waals surface area contributed by atoms with Crippen LogP contribution in [0.3, 0.4) is 0 Å². The number of nitrogens with one attached hydrogen (secondary N) is 2. The van der Waals surface area contributed by atoms with Gasteiger partial charge in [0.1, 0.15) is 18.8 Å². The van der Waals surface area contributed by atoms with Gasteiger partial charge in [-0.2, -0.15) is 0 Å². The Balaban J connectivity index is 2.31. The third-order valence-electron chi connectivity index (χ3n) is 9.10. The number of hydrogen-bond donors (Lipinski definition) is 4. The number of carbonyl (C=O) groups is 3. The summed E-state index contributed by atoms with van der Waals surface area (Å²) in [4.78, 5) is 43.9. The van der Waals surface area contributed by atoms with Crippen molar-refractivity contribution in [2.45, 2.75) is 94.9 Å². The zero-order valence-electron chi connectivity index (χ0n) is 28.5. The molecule has 1 fully saturated rings. The van der Waals surface area contributed by atoms with Crippen molar-refractivity contribution >= 4 is 17.7 Å². The molecule has 9 nitrogen and oxygen atoms in total. The summed E-state index contributed by atoms with van der Waals surface area (Å²) >= 11 is 0. The molecule has 3 amide bonds. The second-order valence-corrected chi connectivity index (χ2v) is 12.9. The molecule has 1 aliphatic rings. The molecule has 0 saturated heterocycles. The molecular weight excluding hydrogens is 611 g/mol. The minimum absolute atomic E-state index is 0.172. The van der Waals surface area contributed by atoms with Gasteiger partial charge >= 0.3 is 0 Å². The van der Waals surface area contributed by atoms with Gasteiger partial charge in [0.25, 0.3) is 0 Å². The Morgan fingerprint density at radius 1 is 0.979 bits per heavy atom. The number of rotatable bonds is 20. The lowest BCUT2D eigenvalue weighted by atomic mass is 9.82. The molecule has 5 unspecified atom stereocenters. The highest BCUT2D eigenvalue weighted by Gasteiger charge is 2.36. The van der Waals surface area contributed by atoms with Gasteiger partial charge in [0, 0.05) is 33.0 Å². The number of aliphatic hydroxyl groups is 2. The number of likely N-dealkylation sites (N-methyl/N-ethyl adjacent to an activating group) is 2. The minimum atomic E-state index is -1.36. The quantitative estimate of drug-likeness (QED) is 0.0967. The van der Waals surface area contributed by atoms with Crippen molar-refractivity contribution in [1.82, 2.24) is 20.4 Å². The van der Waals surface area contributed by atoms with E-state index in [1.165, 1.54) is 9.80 Å². The van der Waals surface area contributed by atoms with Crippen molar-refractivity contribution in [2.75, 3.05) is 34.0 Å². The standard InChI is InChI=1S/C38H53FN4O5/c1-6-9-12-21-33(44)36(46)32(25-29-19-15-11-16-20-29)40-38(48)35(30(7-2)8-3)41-37(47)31(24-28-17-13-10-14-18-28)26-34(45)43(5)23-22-42(4)27-39/h1-3,10,13-14,17-18,29-33,35-36,44,46H,9,11-12,15-16,19-27H2,4-5H3,(H,40,48)(H,41,47). The number of aliphatic hydroxyl groups excluding tert-OH is 2. The van der Waals surface area contributed by atoms with Gasteiger partial charge in [-0.3, -0.25) is 19.3 Å². The van der Waals surface area contributed by atoms with Gasteiger partial charge in [-0.15, -0.1) is 25.2 Å². The summed E-state index contributed by atoms with van der Waals surface area (Å²) in [6.45, 7) is -0.0755. The van der Waals surface area contributed by atoms with Crippen LogP contribution in [0.15, 0.2) is 30.3 Å². The normalized spacial score (nSPS) is 16.4. The Labute approximate surface area is 286 Å². The maximum Gasteiger partial charge on any atom is 0.245 e. The van der Waals surface area contributed by atoms with E-state index in [4.69, 9.17) is 19.3 Å². The Morgan fingerprint density at radius 2 is 1.65 bits per heavy atom. The molecule has 2 rings (SSSR count). The zero-order chi connectivity index (χ0) is 35.5. The van der Waals surface area contributed by atoms with E-state index in [0.717, 1.165) is 37.7 Å². The van der Waals surface area contributed by atoms with E-state index >= 15 is 0 Å². The van der Waals surface area contributed by atoms with Crippen LogP contribution in [0.2, 0.25) is 0 Å². The largest absolute Gasteiger partial charge is 0.390 e. The highest BCUT2D eigenvalue weighted by atomic mass is 19.1. The lowest BCUT2D eigenvalue weighted by Crippen LogP contribution is -2.57. The van der Waals surface area contributed by atoms with Crippen LogP contribution >= 0.6 is 0 Å². The van der Waals surface area contributed by atoms with Gasteiger partial charge in [-0.25, -0.2) is 4.39 Å². The van der Waals surface area contributed by atoms with Crippen LogP contribution in [0.25, 0.3) is 0 Å². The van der Waals surface area contributed by atoms with Crippen LogP contribution in [0.1, 0.15) is 69.8 Å². The fourth-order valence-corrected chi connectivity index (χ4v) is 6.03. The SMILES string of the molecule is C#CCCCC(O)C(O)C(CC1CCCCC1)NC(=O)C(NC(=O)C(CC(=O)N(C)CCN(C)CF)Cc1ccccc1)C(C#C)C#C. The van der Waals surface area contributed by atoms with Crippen molar-refractivity contribution in [1.29, 1.82) is 0 Å². The van der Waals surface area contributed by atoms with Crippen LogP contribution in [-0.2, 0) is 20.8 Å². The highest BCUT2D eigenvalue weighted by Crippen LogP contribution is 2.29. The number of nitrogens with zero attached hydrogens (tertiary/aromatic N) is 2. The van der Waals surface area contributed by atoms with E-state index in [2.05, 4.69) is 28.4 Å². The van der Waals surface area contributed by atoms with E-state index in [9.17, 15) is 29.0 Å². The average molecular weight is 665 g/mol. The van der Waals surface area contributed by atoms with Crippen LogP contribution in [0, 0.1) is 54.8 Å². The molecule has 1 aliphatic carbocycles.